The number of aromatic nitrogens is 2. The molecule has 0 saturated carbocycles. The molecule has 2 amide bonds. The maximum absolute atomic E-state index is 12.7. The van der Waals surface area contributed by atoms with Gasteiger partial charge in [-0.2, -0.15) is 4.37 Å². The highest BCUT2D eigenvalue weighted by molar-refractivity contribution is 7.09. The van der Waals surface area contributed by atoms with Gasteiger partial charge in [-0.15, -0.1) is 0 Å². The van der Waals surface area contributed by atoms with Crippen LogP contribution >= 0.6 is 23.1 Å². The first-order chi connectivity index (χ1) is 15.1. The summed E-state index contributed by atoms with van der Waals surface area (Å²) >= 11 is 7.37. The Hall–Kier alpha value is -2.84. The number of carbonyl (C=O) groups excluding carboxylic acids is 1. The lowest BCUT2D eigenvalue weighted by molar-refractivity contribution is 0.215. The number of hydrogen-bond donors (Lipinski definition) is 1. The van der Waals surface area contributed by atoms with Crippen LogP contribution < -0.4 is 15.0 Å². The lowest BCUT2D eigenvalue weighted by Gasteiger charge is -2.22. The van der Waals surface area contributed by atoms with Crippen LogP contribution in [-0.4, -0.2) is 53.6 Å². The molecule has 0 atom stereocenters. The molecule has 3 aromatic rings. The molecular weight excluding hydrogens is 434 g/mol. The van der Waals surface area contributed by atoms with Gasteiger partial charge in [0, 0.05) is 54.8 Å². The highest BCUT2D eigenvalue weighted by Gasteiger charge is 2.21. The number of nitrogens with one attached hydrogen (secondary N) is 1. The SMILES string of the molecule is COc1ccc(NC(=O)N2CCCN(c3nc(Cc4ccc(Cl)cc4)ns3)CC2)cc1. The van der Waals surface area contributed by atoms with Gasteiger partial charge in [0.25, 0.3) is 0 Å². The molecule has 2 heterocycles. The van der Waals surface area contributed by atoms with Crippen molar-refractivity contribution in [1.82, 2.24) is 14.3 Å². The van der Waals surface area contributed by atoms with Crippen LogP contribution in [0.25, 0.3) is 0 Å². The van der Waals surface area contributed by atoms with Crippen molar-refractivity contribution in [1.29, 1.82) is 0 Å². The van der Waals surface area contributed by atoms with Gasteiger partial charge in [0.1, 0.15) is 11.6 Å². The van der Waals surface area contributed by atoms with E-state index in [2.05, 4.69) is 14.6 Å². The molecule has 1 aromatic heterocycles. The first-order valence-electron chi connectivity index (χ1n) is 10.1. The number of methoxy groups -OCH3 is 1. The third-order valence-corrected chi connectivity index (χ3v) is 6.19. The van der Waals surface area contributed by atoms with E-state index in [1.54, 1.807) is 7.11 Å². The predicted octanol–water partition coefficient (Wildman–Crippen LogP) is 4.54. The lowest BCUT2D eigenvalue weighted by Crippen LogP contribution is -2.38. The zero-order valence-corrected chi connectivity index (χ0v) is 18.8. The summed E-state index contributed by atoms with van der Waals surface area (Å²) in [7, 11) is 1.62. The molecular formula is C22H24ClN5O2S. The Kier molecular flexibility index (Phi) is 6.89. The fourth-order valence-corrected chi connectivity index (χ4v) is 4.28. The van der Waals surface area contributed by atoms with Gasteiger partial charge in [0.05, 0.1) is 7.11 Å². The molecule has 1 aliphatic heterocycles. The zero-order valence-electron chi connectivity index (χ0n) is 17.3. The van der Waals surface area contributed by atoms with Crippen LogP contribution in [0, 0.1) is 0 Å². The van der Waals surface area contributed by atoms with E-state index in [1.807, 2.05) is 53.4 Å². The first kappa shape index (κ1) is 21.4. The number of hydrogen-bond acceptors (Lipinski definition) is 6. The zero-order chi connectivity index (χ0) is 21.6. The Morgan fingerprint density at radius 2 is 1.87 bits per heavy atom. The summed E-state index contributed by atoms with van der Waals surface area (Å²) in [5, 5.41) is 4.59. The second kappa shape index (κ2) is 9.98. The number of halogens is 1. The molecule has 0 bridgehead atoms. The number of anilines is 2. The van der Waals surface area contributed by atoms with E-state index in [4.69, 9.17) is 21.3 Å². The van der Waals surface area contributed by atoms with Crippen molar-refractivity contribution in [2.24, 2.45) is 0 Å². The largest absolute Gasteiger partial charge is 0.497 e. The predicted molar refractivity (Wildman–Crippen MR) is 125 cm³/mol. The molecule has 0 spiro atoms. The van der Waals surface area contributed by atoms with E-state index in [0.29, 0.717) is 19.5 Å². The fraction of sp³-hybridized carbons (Fsp3) is 0.318. The summed E-state index contributed by atoms with van der Waals surface area (Å²) in [5.74, 6) is 1.57. The maximum atomic E-state index is 12.7. The smallest absolute Gasteiger partial charge is 0.321 e. The summed E-state index contributed by atoms with van der Waals surface area (Å²) in [5.41, 5.74) is 1.88. The molecule has 0 unspecified atom stereocenters. The maximum Gasteiger partial charge on any atom is 0.321 e. The van der Waals surface area contributed by atoms with Crippen LogP contribution in [0.1, 0.15) is 17.8 Å². The molecule has 2 aromatic carbocycles. The number of nitrogens with zero attached hydrogens (tertiary/aromatic N) is 4. The molecule has 0 aliphatic carbocycles. The highest BCUT2D eigenvalue weighted by atomic mass is 35.5. The highest BCUT2D eigenvalue weighted by Crippen LogP contribution is 2.22. The summed E-state index contributed by atoms with van der Waals surface area (Å²) in [6.07, 6.45) is 1.56. The topological polar surface area (TPSA) is 70.6 Å². The van der Waals surface area contributed by atoms with Gasteiger partial charge in [-0.25, -0.2) is 9.78 Å². The minimum Gasteiger partial charge on any atom is -0.497 e. The normalized spacial score (nSPS) is 14.3. The van der Waals surface area contributed by atoms with Crippen molar-refractivity contribution in [2.45, 2.75) is 12.8 Å². The number of rotatable bonds is 5. The van der Waals surface area contributed by atoms with Crippen molar-refractivity contribution in [2.75, 3.05) is 43.5 Å². The fourth-order valence-electron chi connectivity index (χ4n) is 3.42. The summed E-state index contributed by atoms with van der Waals surface area (Å²) in [4.78, 5) is 21.5. The Bertz CT molecular complexity index is 1010. The van der Waals surface area contributed by atoms with Gasteiger partial charge < -0.3 is 19.9 Å². The molecule has 162 valence electrons. The summed E-state index contributed by atoms with van der Waals surface area (Å²) in [6, 6.07) is 15.0. The van der Waals surface area contributed by atoms with E-state index in [-0.39, 0.29) is 6.03 Å². The van der Waals surface area contributed by atoms with Crippen molar-refractivity contribution in [3.63, 3.8) is 0 Å². The van der Waals surface area contributed by atoms with E-state index >= 15 is 0 Å². The van der Waals surface area contributed by atoms with Crippen LogP contribution in [0.4, 0.5) is 15.6 Å². The van der Waals surface area contributed by atoms with E-state index in [9.17, 15) is 4.79 Å². The molecule has 4 rings (SSSR count). The molecule has 9 heteroatoms. The van der Waals surface area contributed by atoms with E-state index in [1.165, 1.54) is 11.5 Å². The minimum absolute atomic E-state index is 0.0901. The van der Waals surface area contributed by atoms with Gasteiger partial charge in [-0.1, -0.05) is 23.7 Å². The van der Waals surface area contributed by atoms with E-state index in [0.717, 1.165) is 52.5 Å². The van der Waals surface area contributed by atoms with Crippen LogP contribution in [-0.2, 0) is 6.42 Å². The van der Waals surface area contributed by atoms with Crippen LogP contribution in [0.15, 0.2) is 48.5 Å². The lowest BCUT2D eigenvalue weighted by atomic mass is 10.1. The molecule has 1 saturated heterocycles. The van der Waals surface area contributed by atoms with Crippen molar-refractivity contribution < 1.29 is 9.53 Å². The Morgan fingerprint density at radius 3 is 2.61 bits per heavy atom. The Balaban J connectivity index is 1.32. The average molecular weight is 458 g/mol. The van der Waals surface area contributed by atoms with Gasteiger partial charge in [-0.05, 0) is 48.4 Å². The third kappa shape index (κ3) is 5.65. The van der Waals surface area contributed by atoms with Crippen molar-refractivity contribution in [3.8, 4) is 5.75 Å². The van der Waals surface area contributed by atoms with Gasteiger partial charge in [0.15, 0.2) is 0 Å². The molecule has 7 nitrogen and oxygen atoms in total. The monoisotopic (exact) mass is 457 g/mol. The third-order valence-electron chi connectivity index (χ3n) is 5.13. The summed E-state index contributed by atoms with van der Waals surface area (Å²) < 4.78 is 9.67. The average Bonchev–Trinajstić information content (AvgIpc) is 3.10. The van der Waals surface area contributed by atoms with E-state index < -0.39 is 0 Å². The standard InChI is InChI=1S/C22H24ClN5O2S/c1-30-19-9-7-18(8-10-19)24-21(29)27-11-2-12-28(14-13-27)22-25-20(26-31-22)15-16-3-5-17(23)6-4-16/h3-10H,2,11-15H2,1H3,(H,24,29). The molecule has 31 heavy (non-hydrogen) atoms. The molecule has 1 aliphatic rings. The number of amides is 2. The van der Waals surface area contributed by atoms with Crippen LogP contribution in [0.2, 0.25) is 5.02 Å². The summed E-state index contributed by atoms with van der Waals surface area (Å²) in [6.45, 7) is 2.91. The number of carbonyl (C=O) groups is 1. The Morgan fingerprint density at radius 1 is 1.10 bits per heavy atom. The van der Waals surface area contributed by atoms with Crippen LogP contribution in [0.5, 0.6) is 5.75 Å². The molecule has 1 N–H and O–H groups in total. The first-order valence-corrected chi connectivity index (χ1v) is 11.3. The molecule has 1 fully saturated rings. The number of ether oxygens (including phenoxy) is 1. The molecule has 0 radical (unpaired) electrons. The van der Waals surface area contributed by atoms with Gasteiger partial charge in [0.2, 0.25) is 5.13 Å². The number of urea groups is 1. The number of benzene rings is 2. The van der Waals surface area contributed by atoms with Crippen LogP contribution in [0.3, 0.4) is 0 Å². The second-order valence-electron chi connectivity index (χ2n) is 7.28. The van der Waals surface area contributed by atoms with Gasteiger partial charge in [-0.3, -0.25) is 0 Å². The van der Waals surface area contributed by atoms with Crippen molar-refractivity contribution >= 4 is 40.0 Å². The van der Waals surface area contributed by atoms with Gasteiger partial charge >= 0.3 is 6.03 Å². The minimum atomic E-state index is -0.0901. The van der Waals surface area contributed by atoms with Crippen molar-refractivity contribution in [3.05, 3.63) is 64.9 Å². The quantitative estimate of drug-likeness (QED) is 0.609. The second-order valence-corrected chi connectivity index (χ2v) is 8.45. The Labute approximate surface area is 190 Å².